The second-order valence-electron chi connectivity index (χ2n) is 5.28. The second-order valence-corrected chi connectivity index (χ2v) is 5.28. The smallest absolute Gasteiger partial charge is 0.226 e. The van der Waals surface area contributed by atoms with Crippen LogP contribution in [0, 0.1) is 5.92 Å². The first-order chi connectivity index (χ1) is 9.29. The highest BCUT2D eigenvalue weighted by Gasteiger charge is 2.28. The van der Waals surface area contributed by atoms with Crippen molar-refractivity contribution >= 4 is 5.91 Å². The first-order valence-electron chi connectivity index (χ1n) is 7.14. The summed E-state index contributed by atoms with van der Waals surface area (Å²) < 4.78 is 2.16. The van der Waals surface area contributed by atoms with Crippen molar-refractivity contribution in [2.24, 2.45) is 5.92 Å². The van der Waals surface area contributed by atoms with Crippen molar-refractivity contribution in [1.82, 2.24) is 19.7 Å². The molecule has 1 aromatic heterocycles. The van der Waals surface area contributed by atoms with Crippen molar-refractivity contribution in [3.8, 4) is 0 Å². The van der Waals surface area contributed by atoms with Crippen molar-refractivity contribution in [3.05, 3.63) is 23.8 Å². The fourth-order valence-electron chi connectivity index (χ4n) is 2.94. The normalized spacial score (nSPS) is 22.4. The Morgan fingerprint density at radius 2 is 2.26 bits per heavy atom. The van der Waals surface area contributed by atoms with Gasteiger partial charge in [-0.25, -0.2) is 0 Å². The Bertz CT molecular complexity index is 506. The van der Waals surface area contributed by atoms with Gasteiger partial charge in [-0.3, -0.25) is 4.79 Å². The number of hydrogen-bond acceptors (Lipinski definition) is 3. The molecule has 0 aromatic carbocycles. The molecule has 1 amide bonds. The third-order valence-corrected chi connectivity index (χ3v) is 4.08. The number of allylic oxidation sites excluding steroid dienone is 2. The summed E-state index contributed by atoms with van der Waals surface area (Å²) in [7, 11) is 0. The van der Waals surface area contributed by atoms with Crippen LogP contribution in [0.3, 0.4) is 0 Å². The average molecular weight is 260 g/mol. The Morgan fingerprint density at radius 1 is 1.37 bits per heavy atom. The monoisotopic (exact) mass is 260 g/mol. The van der Waals surface area contributed by atoms with Crippen LogP contribution in [0.1, 0.15) is 37.8 Å². The van der Waals surface area contributed by atoms with Crippen molar-refractivity contribution < 1.29 is 4.79 Å². The fraction of sp³-hybridized carbons (Fsp3) is 0.643. The number of carbonyl (C=O) groups is 1. The molecular formula is C14H20N4O. The molecule has 0 unspecified atom stereocenters. The molecule has 0 fully saturated rings. The number of hydrogen-bond donors (Lipinski definition) is 0. The lowest BCUT2D eigenvalue weighted by molar-refractivity contribution is -0.137. The maximum absolute atomic E-state index is 12.5. The summed E-state index contributed by atoms with van der Waals surface area (Å²) in [6.07, 6.45) is 8.10. The summed E-state index contributed by atoms with van der Waals surface area (Å²) in [6, 6.07) is 0. The fourth-order valence-corrected chi connectivity index (χ4v) is 2.94. The van der Waals surface area contributed by atoms with E-state index in [0.29, 0.717) is 6.54 Å². The summed E-state index contributed by atoms with van der Waals surface area (Å²) in [5.74, 6) is 2.42. The van der Waals surface area contributed by atoms with E-state index in [4.69, 9.17) is 0 Å². The molecule has 5 heteroatoms. The molecular weight excluding hydrogens is 240 g/mol. The van der Waals surface area contributed by atoms with E-state index in [-0.39, 0.29) is 11.8 Å². The Hall–Kier alpha value is -1.65. The summed E-state index contributed by atoms with van der Waals surface area (Å²) >= 11 is 0. The Kier molecular flexibility index (Phi) is 3.36. The number of rotatable bonds is 2. The molecule has 0 N–H and O–H groups in total. The van der Waals surface area contributed by atoms with Gasteiger partial charge < -0.3 is 9.47 Å². The zero-order valence-electron chi connectivity index (χ0n) is 11.4. The van der Waals surface area contributed by atoms with Gasteiger partial charge in [-0.2, -0.15) is 0 Å². The summed E-state index contributed by atoms with van der Waals surface area (Å²) in [6.45, 7) is 4.33. The van der Waals surface area contributed by atoms with Crippen LogP contribution in [0.15, 0.2) is 12.2 Å². The number of aromatic nitrogens is 3. The van der Waals surface area contributed by atoms with E-state index in [0.717, 1.165) is 50.4 Å². The molecule has 1 aromatic rings. The van der Waals surface area contributed by atoms with E-state index >= 15 is 0 Å². The molecule has 0 spiro atoms. The topological polar surface area (TPSA) is 51.0 Å². The molecule has 102 valence electrons. The maximum Gasteiger partial charge on any atom is 0.226 e. The average Bonchev–Trinajstić information content (AvgIpc) is 2.89. The number of fused-ring (bicyclic) bond motifs is 1. The molecule has 1 atom stereocenters. The summed E-state index contributed by atoms with van der Waals surface area (Å²) in [5.41, 5.74) is 0. The third kappa shape index (κ3) is 2.29. The highest BCUT2D eigenvalue weighted by molar-refractivity contribution is 5.79. The van der Waals surface area contributed by atoms with E-state index in [2.05, 4.69) is 33.8 Å². The molecule has 1 aliphatic heterocycles. The zero-order chi connectivity index (χ0) is 13.2. The van der Waals surface area contributed by atoms with Gasteiger partial charge in [0.15, 0.2) is 5.82 Å². The quantitative estimate of drug-likeness (QED) is 0.758. The molecule has 0 saturated heterocycles. The lowest BCUT2D eigenvalue weighted by Crippen LogP contribution is -2.42. The van der Waals surface area contributed by atoms with E-state index in [1.165, 1.54) is 0 Å². The van der Waals surface area contributed by atoms with Gasteiger partial charge >= 0.3 is 0 Å². The molecule has 0 saturated carbocycles. The summed E-state index contributed by atoms with van der Waals surface area (Å²) in [4.78, 5) is 14.4. The highest BCUT2D eigenvalue weighted by Crippen LogP contribution is 2.23. The van der Waals surface area contributed by atoms with Crippen LogP contribution in [-0.2, 0) is 24.3 Å². The highest BCUT2D eigenvalue weighted by atomic mass is 16.2. The van der Waals surface area contributed by atoms with Crippen LogP contribution in [0.5, 0.6) is 0 Å². The molecule has 1 aliphatic carbocycles. The zero-order valence-corrected chi connectivity index (χ0v) is 11.4. The molecule has 0 radical (unpaired) electrons. The molecule has 5 nitrogen and oxygen atoms in total. The number of amides is 1. The Balaban J connectivity index is 1.71. The van der Waals surface area contributed by atoms with Gasteiger partial charge in [0.25, 0.3) is 0 Å². The lowest BCUT2D eigenvalue weighted by Gasteiger charge is -2.31. The molecule has 2 heterocycles. The van der Waals surface area contributed by atoms with Crippen LogP contribution < -0.4 is 0 Å². The number of carbonyl (C=O) groups excluding carboxylic acids is 1. The van der Waals surface area contributed by atoms with E-state index in [1.807, 2.05) is 4.90 Å². The molecule has 0 bridgehead atoms. The van der Waals surface area contributed by atoms with E-state index in [1.54, 1.807) is 0 Å². The van der Waals surface area contributed by atoms with Crippen LogP contribution in [0.4, 0.5) is 0 Å². The van der Waals surface area contributed by atoms with Gasteiger partial charge in [0.05, 0.1) is 6.54 Å². The van der Waals surface area contributed by atoms with Gasteiger partial charge in [0.1, 0.15) is 5.82 Å². The lowest BCUT2D eigenvalue weighted by atomic mass is 9.93. The first-order valence-corrected chi connectivity index (χ1v) is 7.14. The first kappa shape index (κ1) is 12.4. The predicted molar refractivity (Wildman–Crippen MR) is 71.3 cm³/mol. The Morgan fingerprint density at radius 3 is 3.00 bits per heavy atom. The minimum atomic E-state index is 0.171. The van der Waals surface area contributed by atoms with Crippen LogP contribution in [-0.4, -0.2) is 32.1 Å². The van der Waals surface area contributed by atoms with Gasteiger partial charge in [-0.15, -0.1) is 10.2 Å². The Labute approximate surface area is 113 Å². The van der Waals surface area contributed by atoms with Crippen LogP contribution in [0.25, 0.3) is 0 Å². The second kappa shape index (κ2) is 5.15. The van der Waals surface area contributed by atoms with E-state index in [9.17, 15) is 4.79 Å². The SMILES string of the molecule is CCc1nnc2n1CCN(C(=O)[C@@H]1CC=CCC1)C2. The molecule has 2 aliphatic rings. The number of aryl methyl sites for hydroxylation is 1. The predicted octanol–water partition coefficient (Wildman–Crippen LogP) is 1.54. The van der Waals surface area contributed by atoms with Gasteiger partial charge in [-0.05, 0) is 19.3 Å². The van der Waals surface area contributed by atoms with Crippen molar-refractivity contribution in [2.45, 2.75) is 45.7 Å². The van der Waals surface area contributed by atoms with Crippen molar-refractivity contribution in [1.29, 1.82) is 0 Å². The minimum absolute atomic E-state index is 0.171. The minimum Gasteiger partial charge on any atom is -0.333 e. The summed E-state index contributed by atoms with van der Waals surface area (Å²) in [5, 5.41) is 8.40. The maximum atomic E-state index is 12.5. The third-order valence-electron chi connectivity index (χ3n) is 4.08. The molecule has 3 rings (SSSR count). The largest absolute Gasteiger partial charge is 0.333 e. The van der Waals surface area contributed by atoms with Crippen molar-refractivity contribution in [2.75, 3.05) is 6.54 Å². The van der Waals surface area contributed by atoms with Crippen LogP contribution >= 0.6 is 0 Å². The van der Waals surface area contributed by atoms with Gasteiger partial charge in [0.2, 0.25) is 5.91 Å². The standard InChI is InChI=1S/C14H20N4O/c1-2-12-15-16-13-10-17(8-9-18(12)13)14(19)11-6-4-3-5-7-11/h3-4,11H,2,5-10H2,1H3/t11-/m1/s1. The molecule has 19 heavy (non-hydrogen) atoms. The van der Waals surface area contributed by atoms with Gasteiger partial charge in [-0.1, -0.05) is 19.1 Å². The van der Waals surface area contributed by atoms with Crippen molar-refractivity contribution in [3.63, 3.8) is 0 Å². The van der Waals surface area contributed by atoms with Crippen LogP contribution in [0.2, 0.25) is 0 Å². The van der Waals surface area contributed by atoms with E-state index < -0.39 is 0 Å². The van der Waals surface area contributed by atoms with Gasteiger partial charge in [0, 0.05) is 25.4 Å². The number of nitrogens with zero attached hydrogens (tertiary/aromatic N) is 4.